The van der Waals surface area contributed by atoms with Gasteiger partial charge in [0.05, 0.1) is 12.8 Å². The Labute approximate surface area is 149 Å². The van der Waals surface area contributed by atoms with Crippen molar-refractivity contribution in [2.45, 2.75) is 0 Å². The predicted molar refractivity (Wildman–Crippen MR) is 93.0 cm³/mol. The van der Waals surface area contributed by atoms with E-state index in [0.29, 0.717) is 16.5 Å². The lowest BCUT2D eigenvalue weighted by atomic mass is 10.2. The molecule has 0 atom stereocenters. The summed E-state index contributed by atoms with van der Waals surface area (Å²) in [7, 11) is 1.45. The minimum Gasteiger partial charge on any atom is -0.495 e. The Kier molecular flexibility index (Phi) is 6.54. The van der Waals surface area contributed by atoms with Gasteiger partial charge in [-0.1, -0.05) is 29.8 Å². The van der Waals surface area contributed by atoms with Crippen molar-refractivity contribution < 1.29 is 23.5 Å². The van der Waals surface area contributed by atoms with Crippen molar-refractivity contribution in [3.05, 3.63) is 64.9 Å². The second-order valence-electron chi connectivity index (χ2n) is 4.86. The van der Waals surface area contributed by atoms with Crippen LogP contribution in [0.2, 0.25) is 5.02 Å². The quantitative estimate of drug-likeness (QED) is 0.628. The highest BCUT2D eigenvalue weighted by Gasteiger charge is 2.10. The second kappa shape index (κ2) is 8.84. The SMILES string of the molecule is COc1ccc(Cl)cc1NC(=O)COC(=O)/C=C/c1ccccc1F. The van der Waals surface area contributed by atoms with Gasteiger partial charge >= 0.3 is 5.97 Å². The van der Waals surface area contributed by atoms with Crippen LogP contribution in [0.15, 0.2) is 48.5 Å². The molecule has 0 aliphatic carbocycles. The summed E-state index contributed by atoms with van der Waals surface area (Å²) in [5.41, 5.74) is 0.602. The van der Waals surface area contributed by atoms with Crippen molar-refractivity contribution in [3.63, 3.8) is 0 Å². The summed E-state index contributed by atoms with van der Waals surface area (Å²) in [5, 5.41) is 2.95. The van der Waals surface area contributed by atoms with E-state index in [0.717, 1.165) is 6.08 Å². The Morgan fingerprint density at radius 3 is 2.72 bits per heavy atom. The summed E-state index contributed by atoms with van der Waals surface area (Å²) in [6, 6.07) is 10.7. The van der Waals surface area contributed by atoms with Crippen LogP contribution in [0.1, 0.15) is 5.56 Å². The van der Waals surface area contributed by atoms with Crippen molar-refractivity contribution >= 4 is 35.2 Å². The lowest BCUT2D eigenvalue weighted by Gasteiger charge is -2.10. The molecular weight excluding hydrogens is 349 g/mol. The minimum atomic E-state index is -0.767. The predicted octanol–water partition coefficient (Wildman–Crippen LogP) is 3.68. The summed E-state index contributed by atoms with van der Waals surface area (Å²) in [6.45, 7) is -0.504. The number of benzene rings is 2. The van der Waals surface area contributed by atoms with Crippen LogP contribution in [-0.2, 0) is 14.3 Å². The Morgan fingerprint density at radius 1 is 1.24 bits per heavy atom. The number of carbonyl (C=O) groups is 2. The summed E-state index contributed by atoms with van der Waals surface area (Å²) in [4.78, 5) is 23.5. The Hall–Kier alpha value is -2.86. The van der Waals surface area contributed by atoms with Gasteiger partial charge in [0.25, 0.3) is 5.91 Å². The van der Waals surface area contributed by atoms with Gasteiger partial charge in [-0.05, 0) is 30.3 Å². The number of anilines is 1. The highest BCUT2D eigenvalue weighted by molar-refractivity contribution is 6.31. The molecule has 0 heterocycles. The fourth-order valence-electron chi connectivity index (χ4n) is 1.92. The standard InChI is InChI=1S/C18H15ClFNO4/c1-24-16-8-7-13(19)10-15(16)21-17(22)11-25-18(23)9-6-12-4-2-3-5-14(12)20/h2-10H,11H2,1H3,(H,21,22)/b9-6+. The fourth-order valence-corrected chi connectivity index (χ4v) is 2.09. The molecule has 0 aliphatic rings. The molecule has 0 bridgehead atoms. The van der Waals surface area contributed by atoms with E-state index in [2.05, 4.69) is 5.32 Å². The molecule has 7 heteroatoms. The molecule has 0 saturated carbocycles. The summed E-state index contributed by atoms with van der Waals surface area (Å²) in [5.74, 6) is -1.37. The molecule has 2 rings (SSSR count). The average molecular weight is 364 g/mol. The normalized spacial score (nSPS) is 10.5. The number of halogens is 2. The molecule has 0 radical (unpaired) electrons. The molecule has 0 aromatic heterocycles. The van der Waals surface area contributed by atoms with Gasteiger partial charge in [-0.25, -0.2) is 9.18 Å². The first-order valence-electron chi connectivity index (χ1n) is 7.22. The molecule has 0 spiro atoms. The van der Waals surface area contributed by atoms with Crippen molar-refractivity contribution in [2.75, 3.05) is 19.0 Å². The molecule has 25 heavy (non-hydrogen) atoms. The first kappa shape index (κ1) is 18.5. The van der Waals surface area contributed by atoms with E-state index in [9.17, 15) is 14.0 Å². The zero-order chi connectivity index (χ0) is 18.2. The highest BCUT2D eigenvalue weighted by Crippen LogP contribution is 2.27. The largest absolute Gasteiger partial charge is 0.495 e. The van der Waals surface area contributed by atoms with E-state index >= 15 is 0 Å². The van der Waals surface area contributed by atoms with E-state index < -0.39 is 24.3 Å². The summed E-state index contributed by atoms with van der Waals surface area (Å²) in [6.07, 6.45) is 2.32. The number of rotatable bonds is 6. The highest BCUT2D eigenvalue weighted by atomic mass is 35.5. The van der Waals surface area contributed by atoms with Gasteiger partial charge in [0, 0.05) is 16.7 Å². The number of esters is 1. The Morgan fingerprint density at radius 2 is 2.00 bits per heavy atom. The molecule has 0 unspecified atom stereocenters. The number of amides is 1. The average Bonchev–Trinajstić information content (AvgIpc) is 2.59. The summed E-state index contributed by atoms with van der Waals surface area (Å²) >= 11 is 5.87. The molecule has 2 aromatic rings. The van der Waals surface area contributed by atoms with Crippen LogP contribution in [0, 0.1) is 5.82 Å². The summed E-state index contributed by atoms with van der Waals surface area (Å²) < 4.78 is 23.3. The molecule has 0 fully saturated rings. The molecule has 5 nitrogen and oxygen atoms in total. The van der Waals surface area contributed by atoms with Crippen LogP contribution in [0.25, 0.3) is 6.08 Å². The lowest BCUT2D eigenvalue weighted by Crippen LogP contribution is -2.20. The molecule has 0 aliphatic heterocycles. The maximum absolute atomic E-state index is 13.4. The number of carbonyl (C=O) groups excluding carboxylic acids is 2. The smallest absolute Gasteiger partial charge is 0.331 e. The number of hydrogen-bond acceptors (Lipinski definition) is 4. The number of methoxy groups -OCH3 is 1. The Balaban J connectivity index is 1.89. The lowest BCUT2D eigenvalue weighted by molar-refractivity contribution is -0.142. The van der Waals surface area contributed by atoms with Gasteiger partial charge in [-0.15, -0.1) is 0 Å². The van der Waals surface area contributed by atoms with Crippen LogP contribution in [-0.4, -0.2) is 25.6 Å². The minimum absolute atomic E-state index is 0.243. The third-order valence-electron chi connectivity index (χ3n) is 3.09. The van der Waals surface area contributed by atoms with Crippen LogP contribution in [0.5, 0.6) is 5.75 Å². The van der Waals surface area contributed by atoms with Gasteiger partial charge in [-0.3, -0.25) is 4.79 Å². The van der Waals surface area contributed by atoms with Crippen LogP contribution in [0.4, 0.5) is 10.1 Å². The van der Waals surface area contributed by atoms with Gasteiger partial charge in [0.2, 0.25) is 0 Å². The van der Waals surface area contributed by atoms with Crippen LogP contribution in [0.3, 0.4) is 0 Å². The molecule has 130 valence electrons. The van der Waals surface area contributed by atoms with Crippen molar-refractivity contribution in [3.8, 4) is 5.75 Å². The maximum Gasteiger partial charge on any atom is 0.331 e. The molecule has 1 N–H and O–H groups in total. The maximum atomic E-state index is 13.4. The van der Waals surface area contributed by atoms with E-state index in [1.54, 1.807) is 24.3 Å². The first-order valence-corrected chi connectivity index (χ1v) is 7.60. The monoisotopic (exact) mass is 363 g/mol. The molecule has 2 aromatic carbocycles. The zero-order valence-corrected chi connectivity index (χ0v) is 14.0. The topological polar surface area (TPSA) is 64.6 Å². The fraction of sp³-hybridized carbons (Fsp3) is 0.111. The van der Waals surface area contributed by atoms with Crippen LogP contribution >= 0.6 is 11.6 Å². The number of hydrogen-bond donors (Lipinski definition) is 1. The van der Waals surface area contributed by atoms with Crippen molar-refractivity contribution in [1.82, 2.24) is 0 Å². The molecule has 1 amide bonds. The van der Waals surface area contributed by atoms with E-state index in [1.807, 2.05) is 0 Å². The Bertz CT molecular complexity index is 807. The second-order valence-corrected chi connectivity index (χ2v) is 5.29. The van der Waals surface area contributed by atoms with Gasteiger partial charge in [0.1, 0.15) is 11.6 Å². The van der Waals surface area contributed by atoms with E-state index in [-0.39, 0.29) is 5.56 Å². The van der Waals surface area contributed by atoms with Gasteiger partial charge in [-0.2, -0.15) is 0 Å². The van der Waals surface area contributed by atoms with Crippen molar-refractivity contribution in [2.24, 2.45) is 0 Å². The third kappa shape index (κ3) is 5.61. The van der Waals surface area contributed by atoms with Gasteiger partial charge < -0.3 is 14.8 Å². The van der Waals surface area contributed by atoms with Crippen molar-refractivity contribution in [1.29, 1.82) is 0 Å². The number of nitrogens with one attached hydrogen (secondary N) is 1. The van der Waals surface area contributed by atoms with E-state index in [4.69, 9.17) is 21.1 Å². The van der Waals surface area contributed by atoms with Crippen LogP contribution < -0.4 is 10.1 Å². The zero-order valence-electron chi connectivity index (χ0n) is 13.3. The molecular formula is C18H15ClFNO4. The van der Waals surface area contributed by atoms with E-state index in [1.165, 1.54) is 31.4 Å². The van der Waals surface area contributed by atoms with Gasteiger partial charge in [0.15, 0.2) is 6.61 Å². The first-order chi connectivity index (χ1) is 12.0. The number of ether oxygens (including phenoxy) is 2. The third-order valence-corrected chi connectivity index (χ3v) is 3.32. The molecule has 0 saturated heterocycles.